The molecule has 0 aliphatic carbocycles. The van der Waals surface area contributed by atoms with Crippen molar-refractivity contribution in [3.8, 4) is 0 Å². The second-order valence-corrected chi connectivity index (χ2v) is 4.60. The Morgan fingerprint density at radius 3 is 3.00 bits per heavy atom. The van der Waals surface area contributed by atoms with Crippen molar-refractivity contribution < 1.29 is 4.79 Å². The zero-order valence-corrected chi connectivity index (χ0v) is 10.6. The van der Waals surface area contributed by atoms with E-state index in [-0.39, 0.29) is 5.91 Å². The third-order valence-electron chi connectivity index (χ3n) is 2.55. The van der Waals surface area contributed by atoms with Crippen molar-refractivity contribution in [3.05, 3.63) is 36.2 Å². The van der Waals surface area contributed by atoms with Gasteiger partial charge >= 0.3 is 0 Å². The quantitative estimate of drug-likeness (QED) is 0.833. The minimum atomic E-state index is -0.138. The van der Waals surface area contributed by atoms with Crippen LogP contribution in [0.3, 0.4) is 0 Å². The molecule has 0 atom stereocenters. The number of nitrogens with one attached hydrogen (secondary N) is 2. The highest BCUT2D eigenvalue weighted by Crippen LogP contribution is 2.05. The number of carbonyl (C=O) groups excluding carboxylic acids is 1. The summed E-state index contributed by atoms with van der Waals surface area (Å²) in [6.07, 6.45) is 6.64. The van der Waals surface area contributed by atoms with Crippen LogP contribution in [0, 0.1) is 5.92 Å². The number of carbonyl (C=O) groups is 1. The van der Waals surface area contributed by atoms with Gasteiger partial charge in [0.1, 0.15) is 0 Å². The first-order chi connectivity index (χ1) is 8.66. The number of amides is 1. The standard InChI is InChI=1S/C12H17N5O/c1-9(2)7-17-8-13-5-11(17)6-14-12(18)10-3-15-16-4-10/h3-5,8-9H,6-7H2,1-2H3,(H,14,18)(H,15,16). The van der Waals surface area contributed by atoms with E-state index in [4.69, 9.17) is 0 Å². The molecule has 2 heterocycles. The fourth-order valence-electron chi connectivity index (χ4n) is 1.70. The van der Waals surface area contributed by atoms with E-state index in [1.807, 2.05) is 0 Å². The molecule has 2 aromatic heterocycles. The van der Waals surface area contributed by atoms with E-state index in [1.54, 1.807) is 18.7 Å². The smallest absolute Gasteiger partial charge is 0.254 e. The number of hydrogen-bond donors (Lipinski definition) is 2. The summed E-state index contributed by atoms with van der Waals surface area (Å²) >= 11 is 0. The van der Waals surface area contributed by atoms with Crippen molar-refractivity contribution >= 4 is 5.91 Å². The van der Waals surface area contributed by atoms with Crippen molar-refractivity contribution in [3.63, 3.8) is 0 Å². The maximum Gasteiger partial charge on any atom is 0.254 e. The van der Waals surface area contributed by atoms with Crippen LogP contribution in [-0.2, 0) is 13.1 Å². The summed E-state index contributed by atoms with van der Waals surface area (Å²) in [6.45, 7) is 5.66. The number of aromatic nitrogens is 4. The maximum absolute atomic E-state index is 11.7. The van der Waals surface area contributed by atoms with Crippen molar-refractivity contribution in [2.24, 2.45) is 5.92 Å². The van der Waals surface area contributed by atoms with Gasteiger partial charge in [0.25, 0.3) is 5.91 Å². The summed E-state index contributed by atoms with van der Waals surface area (Å²) in [4.78, 5) is 15.8. The molecule has 0 spiro atoms. The summed E-state index contributed by atoms with van der Waals surface area (Å²) in [5, 5.41) is 9.20. The van der Waals surface area contributed by atoms with Gasteiger partial charge in [0.2, 0.25) is 0 Å². The Hall–Kier alpha value is -2.11. The second-order valence-electron chi connectivity index (χ2n) is 4.60. The van der Waals surface area contributed by atoms with Crippen LogP contribution in [0.15, 0.2) is 24.9 Å². The molecule has 0 radical (unpaired) electrons. The van der Waals surface area contributed by atoms with Gasteiger partial charge in [-0.1, -0.05) is 13.8 Å². The van der Waals surface area contributed by atoms with Crippen molar-refractivity contribution in [2.45, 2.75) is 26.9 Å². The molecule has 0 fully saturated rings. The van der Waals surface area contributed by atoms with E-state index in [1.165, 1.54) is 6.20 Å². The summed E-state index contributed by atoms with van der Waals surface area (Å²) in [5.74, 6) is 0.406. The number of rotatable bonds is 5. The molecular formula is C12H17N5O. The Morgan fingerprint density at radius 1 is 1.50 bits per heavy atom. The fraction of sp³-hybridized carbons (Fsp3) is 0.417. The molecule has 0 aliphatic rings. The molecule has 0 unspecified atom stereocenters. The predicted octanol–water partition coefficient (Wildman–Crippen LogP) is 1.19. The lowest BCUT2D eigenvalue weighted by Crippen LogP contribution is -2.24. The van der Waals surface area contributed by atoms with E-state index in [0.29, 0.717) is 18.0 Å². The molecule has 18 heavy (non-hydrogen) atoms. The molecule has 6 heteroatoms. The monoisotopic (exact) mass is 247 g/mol. The highest BCUT2D eigenvalue weighted by atomic mass is 16.1. The average molecular weight is 247 g/mol. The van der Waals surface area contributed by atoms with Crippen LogP contribution in [0.5, 0.6) is 0 Å². The van der Waals surface area contributed by atoms with Gasteiger partial charge in [-0.05, 0) is 5.92 Å². The Morgan fingerprint density at radius 2 is 2.33 bits per heavy atom. The number of nitrogens with zero attached hydrogens (tertiary/aromatic N) is 3. The molecule has 0 aliphatic heterocycles. The first kappa shape index (κ1) is 12.3. The Kier molecular flexibility index (Phi) is 3.76. The van der Waals surface area contributed by atoms with Crippen LogP contribution in [0.2, 0.25) is 0 Å². The molecule has 96 valence electrons. The third-order valence-corrected chi connectivity index (χ3v) is 2.55. The Balaban J connectivity index is 1.94. The van der Waals surface area contributed by atoms with Gasteiger partial charge in [0, 0.05) is 18.9 Å². The van der Waals surface area contributed by atoms with E-state index < -0.39 is 0 Å². The lowest BCUT2D eigenvalue weighted by molar-refractivity contribution is 0.0950. The normalized spacial score (nSPS) is 10.8. The molecule has 0 saturated carbocycles. The molecule has 0 saturated heterocycles. The zero-order chi connectivity index (χ0) is 13.0. The van der Waals surface area contributed by atoms with E-state index in [9.17, 15) is 4.79 Å². The number of aromatic amines is 1. The molecule has 0 aromatic carbocycles. The molecule has 2 aromatic rings. The lowest BCUT2D eigenvalue weighted by Gasteiger charge is -2.10. The minimum Gasteiger partial charge on any atom is -0.346 e. The predicted molar refractivity (Wildman–Crippen MR) is 66.8 cm³/mol. The van der Waals surface area contributed by atoms with Crippen LogP contribution in [0.4, 0.5) is 0 Å². The topological polar surface area (TPSA) is 75.6 Å². The van der Waals surface area contributed by atoms with Gasteiger partial charge in [0.15, 0.2) is 0 Å². The van der Waals surface area contributed by atoms with Gasteiger partial charge in [-0.15, -0.1) is 0 Å². The highest BCUT2D eigenvalue weighted by Gasteiger charge is 2.08. The molecule has 2 N–H and O–H groups in total. The van der Waals surface area contributed by atoms with Crippen molar-refractivity contribution in [1.29, 1.82) is 0 Å². The Bertz CT molecular complexity index is 500. The minimum absolute atomic E-state index is 0.138. The van der Waals surface area contributed by atoms with E-state index >= 15 is 0 Å². The van der Waals surface area contributed by atoms with Crippen LogP contribution < -0.4 is 5.32 Å². The zero-order valence-electron chi connectivity index (χ0n) is 10.6. The van der Waals surface area contributed by atoms with Crippen LogP contribution in [0.25, 0.3) is 0 Å². The molecule has 6 nitrogen and oxygen atoms in total. The first-order valence-corrected chi connectivity index (χ1v) is 5.93. The number of H-pyrrole nitrogens is 1. The number of hydrogen-bond acceptors (Lipinski definition) is 3. The van der Waals surface area contributed by atoms with Gasteiger partial charge in [0.05, 0.1) is 30.3 Å². The lowest BCUT2D eigenvalue weighted by atomic mass is 10.2. The SMILES string of the molecule is CC(C)Cn1cncc1CNC(=O)c1cn[nH]c1. The maximum atomic E-state index is 11.7. The second kappa shape index (κ2) is 5.48. The van der Waals surface area contributed by atoms with E-state index in [2.05, 4.69) is 38.9 Å². The van der Waals surface area contributed by atoms with Gasteiger partial charge in [-0.2, -0.15) is 5.10 Å². The fourth-order valence-corrected chi connectivity index (χ4v) is 1.70. The molecule has 0 bridgehead atoms. The molecule has 1 amide bonds. The summed E-state index contributed by atoms with van der Waals surface area (Å²) < 4.78 is 2.06. The average Bonchev–Trinajstić information content (AvgIpc) is 2.95. The van der Waals surface area contributed by atoms with E-state index in [0.717, 1.165) is 12.2 Å². The van der Waals surface area contributed by atoms with Gasteiger partial charge in [-0.25, -0.2) is 4.98 Å². The summed E-state index contributed by atoms with van der Waals surface area (Å²) in [7, 11) is 0. The third kappa shape index (κ3) is 2.97. The van der Waals surface area contributed by atoms with Crippen LogP contribution in [-0.4, -0.2) is 25.7 Å². The van der Waals surface area contributed by atoms with Crippen LogP contribution in [0.1, 0.15) is 29.9 Å². The van der Waals surface area contributed by atoms with Gasteiger partial charge < -0.3 is 9.88 Å². The van der Waals surface area contributed by atoms with Crippen molar-refractivity contribution in [1.82, 2.24) is 25.1 Å². The summed E-state index contributed by atoms with van der Waals surface area (Å²) in [5.41, 5.74) is 1.53. The molecular weight excluding hydrogens is 230 g/mol. The number of imidazole rings is 1. The highest BCUT2D eigenvalue weighted by molar-refractivity contribution is 5.93. The largest absolute Gasteiger partial charge is 0.346 e. The van der Waals surface area contributed by atoms with Gasteiger partial charge in [-0.3, -0.25) is 9.89 Å². The molecule has 2 rings (SSSR count). The summed E-state index contributed by atoms with van der Waals surface area (Å²) in [6, 6.07) is 0. The first-order valence-electron chi connectivity index (χ1n) is 5.93. The van der Waals surface area contributed by atoms with Crippen LogP contribution >= 0.6 is 0 Å². The van der Waals surface area contributed by atoms with Crippen molar-refractivity contribution in [2.75, 3.05) is 0 Å². The Labute approximate surface area is 105 Å².